The Labute approximate surface area is 155 Å². The van der Waals surface area contributed by atoms with Gasteiger partial charge < -0.3 is 9.64 Å². The van der Waals surface area contributed by atoms with E-state index in [1.54, 1.807) is 14.1 Å². The molecule has 0 radical (unpaired) electrons. The van der Waals surface area contributed by atoms with Crippen molar-refractivity contribution in [1.29, 1.82) is 0 Å². The maximum Gasteiger partial charge on any atom is 0.414 e. The van der Waals surface area contributed by atoms with Crippen LogP contribution in [0.2, 0.25) is 0 Å². The Hall–Kier alpha value is -2.33. The van der Waals surface area contributed by atoms with Gasteiger partial charge in [-0.1, -0.05) is 42.5 Å². The van der Waals surface area contributed by atoms with Gasteiger partial charge in [-0.05, 0) is 48.6 Å². The zero-order chi connectivity index (χ0) is 18.1. The van der Waals surface area contributed by atoms with Gasteiger partial charge in [-0.25, -0.2) is 4.79 Å². The molecule has 0 N–H and O–H groups in total. The second kappa shape index (κ2) is 7.12. The van der Waals surface area contributed by atoms with E-state index in [0.29, 0.717) is 12.0 Å². The number of hydrogen-bond acceptors (Lipinski definition) is 3. The van der Waals surface area contributed by atoms with Crippen LogP contribution in [0.1, 0.15) is 35.4 Å². The lowest BCUT2D eigenvalue weighted by Crippen LogP contribution is -2.35. The smallest absolute Gasteiger partial charge is 0.410 e. The first kappa shape index (κ1) is 17.1. The molecule has 0 bridgehead atoms. The van der Waals surface area contributed by atoms with Gasteiger partial charge in [0.25, 0.3) is 0 Å². The number of carbonyl (C=O) groups excluding carboxylic acids is 1. The van der Waals surface area contributed by atoms with Crippen molar-refractivity contribution in [2.24, 2.45) is 0 Å². The first-order valence-electron chi connectivity index (χ1n) is 9.42. The van der Waals surface area contributed by atoms with Crippen LogP contribution in [0.5, 0.6) is 5.75 Å². The van der Waals surface area contributed by atoms with Crippen molar-refractivity contribution in [3.63, 3.8) is 0 Å². The monoisotopic (exact) mass is 350 g/mol. The predicted molar refractivity (Wildman–Crippen MR) is 102 cm³/mol. The van der Waals surface area contributed by atoms with Crippen molar-refractivity contribution in [2.75, 3.05) is 20.6 Å². The molecule has 4 rings (SSSR count). The Morgan fingerprint density at radius 2 is 1.92 bits per heavy atom. The molecule has 136 valence electrons. The summed E-state index contributed by atoms with van der Waals surface area (Å²) in [4.78, 5) is 16.1. The van der Waals surface area contributed by atoms with E-state index in [1.807, 2.05) is 12.1 Å². The Morgan fingerprint density at radius 1 is 1.12 bits per heavy atom. The SMILES string of the molecule is CN(C)C(=O)Oc1cccc2c1CCC1C2CCN1Cc1ccccc1. The van der Waals surface area contributed by atoms with Crippen molar-refractivity contribution in [1.82, 2.24) is 9.80 Å². The summed E-state index contributed by atoms with van der Waals surface area (Å²) in [6.45, 7) is 2.15. The van der Waals surface area contributed by atoms with Gasteiger partial charge in [0, 0.05) is 32.6 Å². The lowest BCUT2D eigenvalue weighted by atomic mass is 9.79. The number of benzene rings is 2. The highest BCUT2D eigenvalue weighted by atomic mass is 16.6. The van der Waals surface area contributed by atoms with E-state index in [-0.39, 0.29) is 6.09 Å². The van der Waals surface area contributed by atoms with Gasteiger partial charge in [-0.2, -0.15) is 0 Å². The molecule has 0 spiro atoms. The highest BCUT2D eigenvalue weighted by Crippen LogP contribution is 2.44. The van der Waals surface area contributed by atoms with Crippen molar-refractivity contribution in [3.05, 3.63) is 65.2 Å². The van der Waals surface area contributed by atoms with Gasteiger partial charge >= 0.3 is 6.09 Å². The van der Waals surface area contributed by atoms with E-state index in [4.69, 9.17) is 4.74 Å². The van der Waals surface area contributed by atoms with Crippen molar-refractivity contribution < 1.29 is 9.53 Å². The van der Waals surface area contributed by atoms with Crippen LogP contribution in [0.3, 0.4) is 0 Å². The first-order chi connectivity index (χ1) is 12.6. The molecule has 4 nitrogen and oxygen atoms in total. The molecule has 1 heterocycles. The third-order valence-electron chi connectivity index (χ3n) is 5.71. The number of nitrogens with zero attached hydrogens (tertiary/aromatic N) is 2. The Bertz CT molecular complexity index is 788. The van der Waals surface area contributed by atoms with Crippen LogP contribution < -0.4 is 4.74 Å². The fraction of sp³-hybridized carbons (Fsp3) is 0.409. The fourth-order valence-electron chi connectivity index (χ4n) is 4.45. The van der Waals surface area contributed by atoms with Gasteiger partial charge in [0.15, 0.2) is 0 Å². The summed E-state index contributed by atoms with van der Waals surface area (Å²) >= 11 is 0. The van der Waals surface area contributed by atoms with Crippen LogP contribution in [-0.4, -0.2) is 42.6 Å². The molecule has 1 aliphatic heterocycles. The Kier molecular flexibility index (Phi) is 4.68. The number of ether oxygens (including phenoxy) is 1. The summed E-state index contributed by atoms with van der Waals surface area (Å²) in [7, 11) is 3.43. The molecule has 26 heavy (non-hydrogen) atoms. The second-order valence-electron chi connectivity index (χ2n) is 7.54. The quantitative estimate of drug-likeness (QED) is 0.837. The lowest BCUT2D eigenvalue weighted by Gasteiger charge is -2.34. The normalized spacial score (nSPS) is 21.8. The number of rotatable bonds is 3. The van der Waals surface area contributed by atoms with E-state index < -0.39 is 0 Å². The van der Waals surface area contributed by atoms with Gasteiger partial charge in [-0.3, -0.25) is 4.90 Å². The van der Waals surface area contributed by atoms with Crippen LogP contribution in [0.4, 0.5) is 4.79 Å². The van der Waals surface area contributed by atoms with Crippen molar-refractivity contribution in [2.45, 2.75) is 37.8 Å². The molecule has 2 aromatic rings. The minimum absolute atomic E-state index is 0.308. The zero-order valence-electron chi connectivity index (χ0n) is 15.5. The molecule has 0 aromatic heterocycles. The van der Waals surface area contributed by atoms with Gasteiger partial charge in [0.2, 0.25) is 0 Å². The average Bonchev–Trinajstić information content (AvgIpc) is 3.06. The van der Waals surface area contributed by atoms with Crippen LogP contribution in [0.15, 0.2) is 48.5 Å². The average molecular weight is 350 g/mol. The van der Waals surface area contributed by atoms with Gasteiger partial charge in [-0.15, -0.1) is 0 Å². The molecule has 2 aliphatic rings. The zero-order valence-corrected chi connectivity index (χ0v) is 15.5. The van der Waals surface area contributed by atoms with Crippen LogP contribution in [0.25, 0.3) is 0 Å². The Balaban J connectivity index is 1.55. The van der Waals surface area contributed by atoms with E-state index in [2.05, 4.69) is 41.3 Å². The van der Waals surface area contributed by atoms with Crippen LogP contribution in [-0.2, 0) is 13.0 Å². The number of carbonyl (C=O) groups is 1. The minimum atomic E-state index is -0.308. The third kappa shape index (κ3) is 3.21. The second-order valence-corrected chi connectivity index (χ2v) is 7.54. The van der Waals surface area contributed by atoms with Crippen molar-refractivity contribution >= 4 is 6.09 Å². The summed E-state index contributed by atoms with van der Waals surface area (Å²) in [6.07, 6.45) is 2.97. The maximum absolute atomic E-state index is 12.0. The summed E-state index contributed by atoms with van der Waals surface area (Å²) in [6, 6.07) is 17.5. The molecule has 1 aliphatic carbocycles. The molecule has 4 heteroatoms. The molecular weight excluding hydrogens is 324 g/mol. The highest BCUT2D eigenvalue weighted by molar-refractivity contribution is 5.70. The predicted octanol–water partition coefficient (Wildman–Crippen LogP) is 4.05. The van der Waals surface area contributed by atoms with Crippen LogP contribution >= 0.6 is 0 Å². The van der Waals surface area contributed by atoms with E-state index in [1.165, 1.54) is 28.0 Å². The molecule has 1 amide bonds. The number of amides is 1. The van der Waals surface area contributed by atoms with Crippen molar-refractivity contribution in [3.8, 4) is 5.75 Å². The van der Waals surface area contributed by atoms with Gasteiger partial charge in [0.1, 0.15) is 5.75 Å². The third-order valence-corrected chi connectivity index (χ3v) is 5.71. The number of fused-ring (bicyclic) bond motifs is 3. The number of likely N-dealkylation sites (tertiary alicyclic amines) is 1. The first-order valence-corrected chi connectivity index (χ1v) is 9.42. The minimum Gasteiger partial charge on any atom is -0.410 e. The van der Waals surface area contributed by atoms with Crippen LogP contribution in [0, 0.1) is 0 Å². The molecule has 0 saturated carbocycles. The molecule has 1 fully saturated rings. The highest BCUT2D eigenvalue weighted by Gasteiger charge is 2.39. The largest absolute Gasteiger partial charge is 0.414 e. The molecule has 2 atom stereocenters. The fourth-order valence-corrected chi connectivity index (χ4v) is 4.45. The lowest BCUT2D eigenvalue weighted by molar-refractivity contribution is 0.170. The number of hydrogen-bond donors (Lipinski definition) is 0. The molecule has 2 unspecified atom stereocenters. The Morgan fingerprint density at radius 3 is 2.69 bits per heavy atom. The summed E-state index contributed by atoms with van der Waals surface area (Å²) < 4.78 is 5.62. The summed E-state index contributed by atoms with van der Waals surface area (Å²) in [5.41, 5.74) is 3.99. The van der Waals surface area contributed by atoms with E-state index in [0.717, 1.165) is 31.7 Å². The maximum atomic E-state index is 12.0. The molecule has 1 saturated heterocycles. The van der Waals surface area contributed by atoms with E-state index >= 15 is 0 Å². The molecule has 2 aromatic carbocycles. The van der Waals surface area contributed by atoms with Gasteiger partial charge in [0.05, 0.1) is 0 Å². The summed E-state index contributed by atoms with van der Waals surface area (Å²) in [5.74, 6) is 1.28. The summed E-state index contributed by atoms with van der Waals surface area (Å²) in [5, 5.41) is 0. The topological polar surface area (TPSA) is 32.8 Å². The molecular formula is C22H26N2O2. The standard InChI is InChI=1S/C22H26N2O2/c1-23(2)22(25)26-21-10-6-9-17-18-13-14-24(20(18)12-11-19(17)21)15-16-7-4-3-5-8-16/h3-10,18,20H,11-15H2,1-2H3. The van der Waals surface area contributed by atoms with E-state index in [9.17, 15) is 4.79 Å².